The molecule has 152 valence electrons. The molecule has 2 heterocycles. The Bertz CT molecular complexity index is 1340. The lowest BCUT2D eigenvalue weighted by atomic mass is 10.0. The second-order valence-corrected chi connectivity index (χ2v) is 8.08. The molecule has 0 aliphatic rings. The third kappa shape index (κ3) is 4.08. The number of carbonyl (C=O) groups is 2. The van der Waals surface area contributed by atoms with Crippen LogP contribution in [-0.2, 0) is 16.0 Å². The van der Waals surface area contributed by atoms with Crippen LogP contribution in [0.25, 0.3) is 21.8 Å². The highest BCUT2D eigenvalue weighted by Gasteiger charge is 2.13. The smallest absolute Gasteiger partial charge is 0.303 e. The topological polar surface area (TPSA) is 115 Å². The normalized spacial score (nSPS) is 11.1. The number of hydrogen-bond donors (Lipinski definition) is 4. The number of pyridine rings is 1. The zero-order chi connectivity index (χ0) is 21.3. The van der Waals surface area contributed by atoms with E-state index in [0.29, 0.717) is 17.5 Å². The van der Waals surface area contributed by atoms with Gasteiger partial charge in [-0.15, -0.1) is 0 Å². The van der Waals surface area contributed by atoms with Gasteiger partial charge >= 0.3 is 5.97 Å². The maximum atomic E-state index is 12.4. The molecule has 30 heavy (non-hydrogen) atoms. The molecule has 0 fully saturated rings. The van der Waals surface area contributed by atoms with E-state index in [1.54, 1.807) is 6.20 Å². The third-order valence-corrected chi connectivity index (χ3v) is 5.68. The fourth-order valence-electron chi connectivity index (χ4n) is 3.45. The first-order valence-corrected chi connectivity index (χ1v) is 10.2. The van der Waals surface area contributed by atoms with Gasteiger partial charge in [-0.1, -0.05) is 17.8 Å². The average molecular weight is 421 g/mol. The summed E-state index contributed by atoms with van der Waals surface area (Å²) in [6, 6.07) is 13.3. The van der Waals surface area contributed by atoms with Crippen LogP contribution in [0.3, 0.4) is 0 Å². The Morgan fingerprint density at radius 3 is 2.70 bits per heavy atom. The summed E-state index contributed by atoms with van der Waals surface area (Å²) >= 11 is 1.54. The van der Waals surface area contributed by atoms with E-state index < -0.39 is 5.97 Å². The van der Waals surface area contributed by atoms with Crippen LogP contribution < -0.4 is 10.9 Å². The number of carboxylic acids is 1. The van der Waals surface area contributed by atoms with Gasteiger partial charge in [-0.3, -0.25) is 14.4 Å². The maximum absolute atomic E-state index is 12.4. The molecule has 0 aliphatic carbocycles. The molecular formula is C22H19N3O4S. The predicted molar refractivity (Wildman–Crippen MR) is 117 cm³/mol. The van der Waals surface area contributed by atoms with Crippen LogP contribution in [0.1, 0.15) is 18.9 Å². The van der Waals surface area contributed by atoms with Crippen molar-refractivity contribution < 1.29 is 14.7 Å². The van der Waals surface area contributed by atoms with Gasteiger partial charge in [-0.2, -0.15) is 0 Å². The summed E-state index contributed by atoms with van der Waals surface area (Å²) in [5.41, 5.74) is 2.43. The second-order valence-electron chi connectivity index (χ2n) is 6.93. The van der Waals surface area contributed by atoms with Crippen molar-refractivity contribution in [3.05, 3.63) is 64.6 Å². The van der Waals surface area contributed by atoms with Gasteiger partial charge in [0.2, 0.25) is 5.91 Å². The molecule has 2 aromatic heterocycles. The summed E-state index contributed by atoms with van der Waals surface area (Å²) in [5, 5.41) is 13.4. The molecule has 1 amide bonds. The lowest BCUT2D eigenvalue weighted by Crippen LogP contribution is -2.06. The minimum absolute atomic E-state index is 0.00831. The Hall–Kier alpha value is -3.52. The quantitative estimate of drug-likeness (QED) is 0.374. The number of fused-ring (bicyclic) bond motifs is 3. The summed E-state index contributed by atoms with van der Waals surface area (Å²) in [6.45, 7) is 1.47. The molecule has 2 aromatic carbocycles. The van der Waals surface area contributed by atoms with Crippen molar-refractivity contribution >= 4 is 51.1 Å². The Labute approximate surface area is 175 Å². The van der Waals surface area contributed by atoms with E-state index in [0.717, 1.165) is 31.8 Å². The van der Waals surface area contributed by atoms with Crippen LogP contribution in [-0.4, -0.2) is 27.0 Å². The van der Waals surface area contributed by atoms with Gasteiger partial charge in [-0.05, 0) is 48.4 Å². The number of carbonyl (C=O) groups excluding carboxylic acids is 1. The molecular weight excluding hydrogens is 402 g/mol. The molecule has 7 nitrogen and oxygen atoms in total. The predicted octanol–water partition coefficient (Wildman–Crippen LogP) is 4.14. The summed E-state index contributed by atoms with van der Waals surface area (Å²) in [7, 11) is 0. The first-order chi connectivity index (χ1) is 14.4. The number of benzene rings is 2. The number of aromatic nitrogens is 2. The molecule has 0 radical (unpaired) electrons. The number of rotatable bonds is 6. The molecule has 0 aliphatic heterocycles. The van der Waals surface area contributed by atoms with Gasteiger partial charge in [0.15, 0.2) is 0 Å². The molecule has 0 saturated carbocycles. The SMILES string of the molecule is CC(=O)Nc1cccc(Sc2ccc3[nH]c(=O)c4[nH]cc(CCC(=O)O)c4c3c2)c1. The minimum atomic E-state index is -0.881. The Morgan fingerprint density at radius 1 is 1.13 bits per heavy atom. The second kappa shape index (κ2) is 8.08. The van der Waals surface area contributed by atoms with E-state index >= 15 is 0 Å². The number of nitrogens with one attached hydrogen (secondary N) is 3. The van der Waals surface area contributed by atoms with Crippen LogP contribution in [0.5, 0.6) is 0 Å². The average Bonchev–Trinajstić information content (AvgIpc) is 3.12. The van der Waals surface area contributed by atoms with Crippen molar-refractivity contribution in [2.24, 2.45) is 0 Å². The third-order valence-electron chi connectivity index (χ3n) is 4.70. The fraction of sp³-hybridized carbons (Fsp3) is 0.136. The highest BCUT2D eigenvalue weighted by molar-refractivity contribution is 7.99. The van der Waals surface area contributed by atoms with E-state index in [1.807, 2.05) is 42.5 Å². The molecule has 0 bridgehead atoms. The molecule has 4 rings (SSSR count). The van der Waals surface area contributed by atoms with E-state index in [9.17, 15) is 14.4 Å². The van der Waals surface area contributed by atoms with Gasteiger partial charge in [0.05, 0.1) is 0 Å². The highest BCUT2D eigenvalue weighted by Crippen LogP contribution is 2.33. The van der Waals surface area contributed by atoms with Crippen molar-refractivity contribution in [3.8, 4) is 0 Å². The van der Waals surface area contributed by atoms with Crippen molar-refractivity contribution in [1.29, 1.82) is 0 Å². The monoisotopic (exact) mass is 421 g/mol. The molecule has 4 N–H and O–H groups in total. The summed E-state index contributed by atoms with van der Waals surface area (Å²) < 4.78 is 0. The summed E-state index contributed by atoms with van der Waals surface area (Å²) in [6.07, 6.45) is 2.04. The Balaban J connectivity index is 1.76. The van der Waals surface area contributed by atoms with E-state index in [2.05, 4.69) is 15.3 Å². The van der Waals surface area contributed by atoms with E-state index in [1.165, 1.54) is 18.7 Å². The molecule has 8 heteroatoms. The van der Waals surface area contributed by atoms with Crippen LogP contribution >= 0.6 is 11.8 Å². The van der Waals surface area contributed by atoms with Gasteiger partial charge < -0.3 is 20.4 Å². The number of aryl methyl sites for hydroxylation is 1. The molecule has 0 unspecified atom stereocenters. The van der Waals surface area contributed by atoms with Crippen molar-refractivity contribution in [2.75, 3.05) is 5.32 Å². The zero-order valence-electron chi connectivity index (χ0n) is 16.1. The molecule has 0 saturated heterocycles. The van der Waals surface area contributed by atoms with Crippen LogP contribution in [0.15, 0.2) is 63.2 Å². The highest BCUT2D eigenvalue weighted by atomic mass is 32.2. The number of amides is 1. The number of aromatic amines is 2. The first-order valence-electron chi connectivity index (χ1n) is 9.34. The van der Waals surface area contributed by atoms with Crippen LogP contribution in [0.2, 0.25) is 0 Å². The fourth-order valence-corrected chi connectivity index (χ4v) is 4.37. The number of carboxylic acid groups (broad SMARTS) is 1. The lowest BCUT2D eigenvalue weighted by Gasteiger charge is -2.08. The van der Waals surface area contributed by atoms with Crippen LogP contribution in [0.4, 0.5) is 5.69 Å². The number of aliphatic carboxylic acids is 1. The van der Waals surface area contributed by atoms with Crippen molar-refractivity contribution in [1.82, 2.24) is 9.97 Å². The van der Waals surface area contributed by atoms with Crippen molar-refractivity contribution in [2.45, 2.75) is 29.6 Å². The number of hydrogen-bond acceptors (Lipinski definition) is 4. The van der Waals surface area contributed by atoms with Crippen molar-refractivity contribution in [3.63, 3.8) is 0 Å². The molecule has 0 atom stereocenters. The minimum Gasteiger partial charge on any atom is -0.481 e. The van der Waals surface area contributed by atoms with Gasteiger partial charge in [0.25, 0.3) is 5.56 Å². The molecule has 0 spiro atoms. The van der Waals surface area contributed by atoms with E-state index in [-0.39, 0.29) is 17.9 Å². The lowest BCUT2D eigenvalue weighted by molar-refractivity contribution is -0.137. The Morgan fingerprint density at radius 2 is 1.93 bits per heavy atom. The summed E-state index contributed by atoms with van der Waals surface area (Å²) in [4.78, 5) is 42.5. The largest absolute Gasteiger partial charge is 0.481 e. The summed E-state index contributed by atoms with van der Waals surface area (Å²) in [5.74, 6) is -1.01. The van der Waals surface area contributed by atoms with Gasteiger partial charge in [-0.25, -0.2) is 0 Å². The van der Waals surface area contributed by atoms with Gasteiger partial charge in [0.1, 0.15) is 5.52 Å². The number of H-pyrrole nitrogens is 2. The first kappa shape index (κ1) is 19.8. The zero-order valence-corrected chi connectivity index (χ0v) is 16.9. The Kier molecular flexibility index (Phi) is 5.33. The number of anilines is 1. The maximum Gasteiger partial charge on any atom is 0.303 e. The van der Waals surface area contributed by atoms with E-state index in [4.69, 9.17) is 5.11 Å². The van der Waals surface area contributed by atoms with Gasteiger partial charge in [0, 0.05) is 51.3 Å². The van der Waals surface area contributed by atoms with Crippen LogP contribution in [0, 0.1) is 0 Å². The standard InChI is InChI=1S/C22H19N3O4S/c1-12(26)24-14-3-2-4-15(9-14)30-16-6-7-18-17(10-16)20-13(5-8-19(27)28)11-23-21(20)22(29)25-18/h2-4,6-7,9-11,23H,5,8H2,1H3,(H,24,26)(H,25,29)(H,27,28). The molecule has 4 aromatic rings.